The molecule has 27 heavy (non-hydrogen) atoms. The molecule has 0 aromatic heterocycles. The smallest absolute Gasteiger partial charge is 0.240 e. The summed E-state index contributed by atoms with van der Waals surface area (Å²) in [6.07, 6.45) is 1.30. The van der Waals surface area contributed by atoms with Gasteiger partial charge in [0.25, 0.3) is 0 Å². The first kappa shape index (κ1) is 19.8. The number of halogens is 1. The van der Waals surface area contributed by atoms with Crippen LogP contribution in [-0.2, 0) is 14.8 Å². The molecule has 2 aromatic carbocycles. The van der Waals surface area contributed by atoms with Gasteiger partial charge in [0.15, 0.2) is 0 Å². The molecule has 3 rings (SSSR count). The molecule has 0 spiro atoms. The van der Waals surface area contributed by atoms with E-state index >= 15 is 0 Å². The number of hydrogen-bond donors (Lipinski definition) is 2. The molecule has 1 aliphatic rings. The Kier molecular flexibility index (Phi) is 6.49. The third kappa shape index (κ3) is 5.77. The van der Waals surface area contributed by atoms with E-state index in [9.17, 15) is 13.2 Å². The van der Waals surface area contributed by atoms with Crippen molar-refractivity contribution in [1.82, 2.24) is 9.62 Å². The zero-order valence-electron chi connectivity index (χ0n) is 14.8. The Hall–Kier alpha value is -1.93. The van der Waals surface area contributed by atoms with Crippen molar-refractivity contribution >= 4 is 33.2 Å². The Bertz CT molecular complexity index is 882. The lowest BCUT2D eigenvalue weighted by molar-refractivity contribution is -0.117. The highest BCUT2D eigenvalue weighted by Gasteiger charge is 2.25. The third-order valence-electron chi connectivity index (χ3n) is 4.44. The van der Waals surface area contributed by atoms with Crippen molar-refractivity contribution in [1.29, 1.82) is 0 Å². The van der Waals surface area contributed by atoms with Gasteiger partial charge in [-0.25, -0.2) is 13.1 Å². The summed E-state index contributed by atoms with van der Waals surface area (Å²) in [7, 11) is -3.60. The van der Waals surface area contributed by atoms with Crippen LogP contribution in [0.3, 0.4) is 0 Å². The van der Waals surface area contributed by atoms with Crippen LogP contribution in [0.1, 0.15) is 12.8 Å². The first-order chi connectivity index (χ1) is 12.9. The molecule has 1 amide bonds. The standard InChI is InChI=1S/C19H22ClN3O3S/c20-15-5-4-8-18(13-15)27(25,26)22-17-9-11-23(12-10-17)14-19(24)21-16-6-2-1-3-7-16/h1-8,13,17,22H,9-12,14H2,(H,21,24). The SMILES string of the molecule is O=C(CN1CCC(NS(=O)(=O)c2cccc(Cl)c2)CC1)Nc1ccccc1. The van der Waals surface area contributed by atoms with Crippen molar-refractivity contribution < 1.29 is 13.2 Å². The van der Waals surface area contributed by atoms with Crippen molar-refractivity contribution in [2.24, 2.45) is 0 Å². The maximum Gasteiger partial charge on any atom is 0.240 e. The van der Waals surface area contributed by atoms with Crippen LogP contribution in [0.15, 0.2) is 59.5 Å². The average molecular weight is 408 g/mol. The number of carbonyl (C=O) groups excluding carboxylic acids is 1. The predicted octanol–water partition coefficient (Wildman–Crippen LogP) is 2.72. The normalized spacial score (nSPS) is 16.2. The number of amides is 1. The van der Waals surface area contributed by atoms with Crippen molar-refractivity contribution in [3.8, 4) is 0 Å². The average Bonchev–Trinajstić information content (AvgIpc) is 2.64. The second kappa shape index (κ2) is 8.84. The van der Waals surface area contributed by atoms with Crippen LogP contribution in [0, 0.1) is 0 Å². The number of sulfonamides is 1. The van der Waals surface area contributed by atoms with E-state index in [1.54, 1.807) is 12.1 Å². The second-order valence-electron chi connectivity index (χ2n) is 6.54. The van der Waals surface area contributed by atoms with Crippen LogP contribution in [-0.4, -0.2) is 44.9 Å². The molecule has 2 N–H and O–H groups in total. The molecular weight excluding hydrogens is 386 g/mol. The number of carbonyl (C=O) groups is 1. The summed E-state index contributed by atoms with van der Waals surface area (Å²) in [5, 5.41) is 3.25. The molecule has 0 aliphatic carbocycles. The number of benzene rings is 2. The molecule has 0 radical (unpaired) electrons. The van der Waals surface area contributed by atoms with Gasteiger partial charge in [-0.05, 0) is 43.2 Å². The van der Waals surface area contributed by atoms with Gasteiger partial charge in [-0.1, -0.05) is 35.9 Å². The molecule has 144 valence electrons. The fourth-order valence-electron chi connectivity index (χ4n) is 3.06. The fourth-order valence-corrected chi connectivity index (χ4v) is 4.66. The zero-order chi connectivity index (χ0) is 19.3. The summed E-state index contributed by atoms with van der Waals surface area (Å²) in [4.78, 5) is 14.3. The molecule has 2 aromatic rings. The number of hydrogen-bond acceptors (Lipinski definition) is 4. The van der Waals surface area contributed by atoms with E-state index in [0.29, 0.717) is 37.5 Å². The minimum Gasteiger partial charge on any atom is -0.325 e. The Morgan fingerprint density at radius 3 is 2.44 bits per heavy atom. The number of anilines is 1. The van der Waals surface area contributed by atoms with Crippen molar-refractivity contribution in [3.05, 3.63) is 59.6 Å². The number of nitrogens with one attached hydrogen (secondary N) is 2. The summed E-state index contributed by atoms with van der Waals surface area (Å²) in [5.74, 6) is -0.0702. The maximum atomic E-state index is 12.5. The monoisotopic (exact) mass is 407 g/mol. The van der Waals surface area contributed by atoms with Crippen LogP contribution in [0.2, 0.25) is 5.02 Å². The molecular formula is C19H22ClN3O3S. The third-order valence-corrected chi connectivity index (χ3v) is 6.19. The minimum atomic E-state index is -3.60. The fraction of sp³-hybridized carbons (Fsp3) is 0.316. The number of nitrogens with zero attached hydrogens (tertiary/aromatic N) is 1. The van der Waals surface area contributed by atoms with Gasteiger partial charge >= 0.3 is 0 Å². The number of piperidine rings is 1. The number of para-hydroxylation sites is 1. The molecule has 0 unspecified atom stereocenters. The minimum absolute atomic E-state index is 0.0702. The second-order valence-corrected chi connectivity index (χ2v) is 8.69. The molecule has 1 aliphatic heterocycles. The number of rotatable bonds is 6. The van der Waals surface area contributed by atoms with Crippen LogP contribution in [0.25, 0.3) is 0 Å². The summed E-state index contributed by atoms with van der Waals surface area (Å²) < 4.78 is 27.7. The quantitative estimate of drug-likeness (QED) is 0.771. The Balaban J connectivity index is 1.48. The molecule has 1 heterocycles. The summed E-state index contributed by atoms with van der Waals surface area (Å²) in [6, 6.07) is 15.4. The topological polar surface area (TPSA) is 78.5 Å². The molecule has 0 bridgehead atoms. The van der Waals surface area contributed by atoms with E-state index in [2.05, 4.69) is 10.0 Å². The van der Waals surface area contributed by atoms with Gasteiger partial charge in [-0.2, -0.15) is 0 Å². The van der Waals surface area contributed by atoms with Gasteiger partial charge in [-0.15, -0.1) is 0 Å². The maximum absolute atomic E-state index is 12.5. The molecule has 6 nitrogen and oxygen atoms in total. The van der Waals surface area contributed by atoms with Crippen LogP contribution in [0.5, 0.6) is 0 Å². The lowest BCUT2D eigenvalue weighted by Gasteiger charge is -2.31. The van der Waals surface area contributed by atoms with E-state index in [1.807, 2.05) is 35.2 Å². The van der Waals surface area contributed by atoms with Gasteiger partial charge < -0.3 is 5.32 Å². The largest absolute Gasteiger partial charge is 0.325 e. The molecule has 0 saturated carbocycles. The van der Waals surface area contributed by atoms with Crippen LogP contribution in [0.4, 0.5) is 5.69 Å². The Labute approximate surface area is 164 Å². The number of likely N-dealkylation sites (tertiary alicyclic amines) is 1. The van der Waals surface area contributed by atoms with Gasteiger partial charge in [0.2, 0.25) is 15.9 Å². The first-order valence-corrected chi connectivity index (χ1v) is 10.6. The summed E-state index contributed by atoms with van der Waals surface area (Å²) in [6.45, 7) is 1.61. The van der Waals surface area contributed by atoms with Gasteiger partial charge in [0.1, 0.15) is 0 Å². The van der Waals surface area contributed by atoms with Crippen molar-refractivity contribution in [2.45, 2.75) is 23.8 Å². The Morgan fingerprint density at radius 2 is 1.78 bits per heavy atom. The van der Waals surface area contributed by atoms with E-state index in [1.165, 1.54) is 12.1 Å². The van der Waals surface area contributed by atoms with E-state index in [0.717, 1.165) is 5.69 Å². The molecule has 1 fully saturated rings. The molecule has 8 heteroatoms. The van der Waals surface area contributed by atoms with Crippen LogP contribution >= 0.6 is 11.6 Å². The van der Waals surface area contributed by atoms with Crippen molar-refractivity contribution in [3.63, 3.8) is 0 Å². The lowest BCUT2D eigenvalue weighted by Crippen LogP contribution is -2.46. The lowest BCUT2D eigenvalue weighted by atomic mass is 10.1. The predicted molar refractivity (Wildman–Crippen MR) is 106 cm³/mol. The first-order valence-electron chi connectivity index (χ1n) is 8.77. The van der Waals surface area contributed by atoms with Crippen LogP contribution < -0.4 is 10.0 Å². The van der Waals surface area contributed by atoms with E-state index in [4.69, 9.17) is 11.6 Å². The van der Waals surface area contributed by atoms with Gasteiger partial charge in [0, 0.05) is 29.8 Å². The highest BCUT2D eigenvalue weighted by molar-refractivity contribution is 7.89. The van der Waals surface area contributed by atoms with Gasteiger partial charge in [0.05, 0.1) is 11.4 Å². The highest BCUT2D eigenvalue weighted by Crippen LogP contribution is 2.18. The van der Waals surface area contributed by atoms with E-state index in [-0.39, 0.29) is 16.8 Å². The summed E-state index contributed by atoms with van der Waals surface area (Å²) in [5.41, 5.74) is 0.770. The van der Waals surface area contributed by atoms with E-state index < -0.39 is 10.0 Å². The summed E-state index contributed by atoms with van der Waals surface area (Å²) >= 11 is 5.88. The molecule has 0 atom stereocenters. The highest BCUT2D eigenvalue weighted by atomic mass is 35.5. The van der Waals surface area contributed by atoms with Gasteiger partial charge in [-0.3, -0.25) is 9.69 Å². The zero-order valence-corrected chi connectivity index (χ0v) is 16.3. The molecule has 1 saturated heterocycles. The van der Waals surface area contributed by atoms with Crippen molar-refractivity contribution in [2.75, 3.05) is 25.0 Å². The Morgan fingerprint density at radius 1 is 1.07 bits per heavy atom.